The molecule has 0 spiro atoms. The van der Waals surface area contributed by atoms with E-state index in [1.165, 1.54) is 6.07 Å². The van der Waals surface area contributed by atoms with E-state index in [-0.39, 0.29) is 11.7 Å². The van der Waals surface area contributed by atoms with Crippen molar-refractivity contribution in [2.75, 3.05) is 13.6 Å². The van der Waals surface area contributed by atoms with Crippen molar-refractivity contribution < 1.29 is 4.39 Å². The van der Waals surface area contributed by atoms with E-state index in [1.54, 1.807) is 18.2 Å². The zero-order chi connectivity index (χ0) is 14.5. The summed E-state index contributed by atoms with van der Waals surface area (Å²) in [6.45, 7) is 0.742. The predicted octanol–water partition coefficient (Wildman–Crippen LogP) is 4.68. The van der Waals surface area contributed by atoms with Crippen LogP contribution in [0.25, 0.3) is 0 Å². The third-order valence-electron chi connectivity index (χ3n) is 3.27. The van der Waals surface area contributed by atoms with Crippen molar-refractivity contribution in [2.24, 2.45) is 0 Å². The number of nitrogens with one attached hydrogen (secondary N) is 1. The molecule has 0 bridgehead atoms. The molecular formula is C16H16Cl2FN. The topological polar surface area (TPSA) is 12.0 Å². The summed E-state index contributed by atoms with van der Waals surface area (Å²) in [7, 11) is 1.88. The highest BCUT2D eigenvalue weighted by atomic mass is 35.5. The van der Waals surface area contributed by atoms with E-state index in [1.807, 2.05) is 25.2 Å². The van der Waals surface area contributed by atoms with Gasteiger partial charge in [-0.3, -0.25) is 0 Å². The van der Waals surface area contributed by atoms with E-state index < -0.39 is 0 Å². The summed E-state index contributed by atoms with van der Waals surface area (Å²) in [5, 5.41) is 4.26. The van der Waals surface area contributed by atoms with Gasteiger partial charge in [0.25, 0.3) is 0 Å². The Morgan fingerprint density at radius 3 is 2.60 bits per heavy atom. The van der Waals surface area contributed by atoms with Gasteiger partial charge < -0.3 is 5.32 Å². The van der Waals surface area contributed by atoms with E-state index in [4.69, 9.17) is 23.2 Å². The molecule has 0 saturated heterocycles. The minimum atomic E-state index is -0.221. The van der Waals surface area contributed by atoms with Crippen LogP contribution in [0.15, 0.2) is 42.5 Å². The first-order valence-corrected chi connectivity index (χ1v) is 7.20. The Labute approximate surface area is 128 Å². The van der Waals surface area contributed by atoms with Gasteiger partial charge in [0.1, 0.15) is 5.82 Å². The average molecular weight is 312 g/mol. The molecule has 1 unspecified atom stereocenters. The van der Waals surface area contributed by atoms with Gasteiger partial charge >= 0.3 is 0 Å². The molecule has 1 atom stereocenters. The molecule has 1 nitrogen and oxygen atoms in total. The van der Waals surface area contributed by atoms with Crippen LogP contribution in [0.2, 0.25) is 10.0 Å². The predicted molar refractivity (Wildman–Crippen MR) is 83.2 cm³/mol. The third-order valence-corrected chi connectivity index (χ3v) is 4.13. The fourth-order valence-corrected chi connectivity index (χ4v) is 2.68. The normalized spacial score (nSPS) is 12.4. The molecule has 0 aliphatic heterocycles. The summed E-state index contributed by atoms with van der Waals surface area (Å²) in [5.74, 6) is -0.0764. The van der Waals surface area contributed by atoms with Crippen molar-refractivity contribution in [3.8, 4) is 0 Å². The molecule has 106 valence electrons. The Morgan fingerprint density at radius 2 is 1.90 bits per heavy atom. The maximum atomic E-state index is 13.4. The lowest BCUT2D eigenvalue weighted by atomic mass is 9.92. The molecule has 20 heavy (non-hydrogen) atoms. The molecule has 0 heterocycles. The van der Waals surface area contributed by atoms with Crippen LogP contribution in [0, 0.1) is 5.82 Å². The first kappa shape index (κ1) is 15.3. The number of likely N-dealkylation sites (N-methyl/N-ethyl adjacent to an activating group) is 1. The first-order valence-electron chi connectivity index (χ1n) is 6.44. The molecular weight excluding hydrogens is 296 g/mol. The van der Waals surface area contributed by atoms with Gasteiger partial charge in [-0.05, 0) is 42.8 Å². The highest BCUT2D eigenvalue weighted by Crippen LogP contribution is 2.30. The molecule has 0 aromatic heterocycles. The maximum absolute atomic E-state index is 13.4. The SMILES string of the molecule is CNCC(Cc1cccc(Cl)c1Cl)c1cccc(F)c1. The van der Waals surface area contributed by atoms with Crippen LogP contribution in [-0.4, -0.2) is 13.6 Å². The zero-order valence-corrected chi connectivity index (χ0v) is 12.7. The second-order valence-electron chi connectivity index (χ2n) is 4.73. The van der Waals surface area contributed by atoms with Crippen LogP contribution in [0.5, 0.6) is 0 Å². The molecule has 0 radical (unpaired) electrons. The monoisotopic (exact) mass is 311 g/mol. The fourth-order valence-electron chi connectivity index (χ4n) is 2.29. The van der Waals surface area contributed by atoms with Gasteiger partial charge in [-0.15, -0.1) is 0 Å². The number of hydrogen-bond acceptors (Lipinski definition) is 1. The van der Waals surface area contributed by atoms with Crippen molar-refractivity contribution in [1.29, 1.82) is 0 Å². The zero-order valence-electron chi connectivity index (χ0n) is 11.2. The van der Waals surface area contributed by atoms with Crippen molar-refractivity contribution in [3.63, 3.8) is 0 Å². The van der Waals surface area contributed by atoms with Crippen LogP contribution >= 0.6 is 23.2 Å². The van der Waals surface area contributed by atoms with Crippen LogP contribution in [0.1, 0.15) is 17.0 Å². The van der Waals surface area contributed by atoms with E-state index >= 15 is 0 Å². The van der Waals surface area contributed by atoms with Gasteiger partial charge in [0.05, 0.1) is 10.0 Å². The Balaban J connectivity index is 2.28. The van der Waals surface area contributed by atoms with Gasteiger partial charge in [0, 0.05) is 12.5 Å². The summed E-state index contributed by atoms with van der Waals surface area (Å²) < 4.78 is 13.4. The molecule has 2 aromatic carbocycles. The Morgan fingerprint density at radius 1 is 1.15 bits per heavy atom. The fraction of sp³-hybridized carbons (Fsp3) is 0.250. The summed E-state index contributed by atoms with van der Waals surface area (Å²) >= 11 is 12.3. The second kappa shape index (κ2) is 7.07. The molecule has 2 rings (SSSR count). The number of halogens is 3. The molecule has 0 amide bonds. The minimum absolute atomic E-state index is 0.145. The lowest BCUT2D eigenvalue weighted by molar-refractivity contribution is 0.601. The minimum Gasteiger partial charge on any atom is -0.319 e. The second-order valence-corrected chi connectivity index (χ2v) is 5.51. The molecule has 0 aliphatic carbocycles. The number of rotatable bonds is 5. The highest BCUT2D eigenvalue weighted by Gasteiger charge is 2.15. The summed E-state index contributed by atoms with van der Waals surface area (Å²) in [6.07, 6.45) is 0.712. The Bertz CT molecular complexity index is 586. The maximum Gasteiger partial charge on any atom is 0.123 e. The molecule has 0 saturated carbocycles. The Kier molecular flexibility index (Phi) is 5.41. The van der Waals surface area contributed by atoms with Gasteiger partial charge in [-0.1, -0.05) is 47.5 Å². The molecule has 0 fully saturated rings. The largest absolute Gasteiger partial charge is 0.319 e. The van der Waals surface area contributed by atoms with E-state index in [2.05, 4.69) is 5.32 Å². The van der Waals surface area contributed by atoms with Crippen molar-refractivity contribution in [2.45, 2.75) is 12.3 Å². The summed E-state index contributed by atoms with van der Waals surface area (Å²) in [5.41, 5.74) is 1.93. The lowest BCUT2D eigenvalue weighted by Crippen LogP contribution is -2.19. The smallest absolute Gasteiger partial charge is 0.123 e. The lowest BCUT2D eigenvalue weighted by Gasteiger charge is -2.18. The Hall–Kier alpha value is -1.09. The van der Waals surface area contributed by atoms with Crippen molar-refractivity contribution >= 4 is 23.2 Å². The van der Waals surface area contributed by atoms with E-state index in [0.29, 0.717) is 16.5 Å². The highest BCUT2D eigenvalue weighted by molar-refractivity contribution is 6.42. The van der Waals surface area contributed by atoms with Gasteiger partial charge in [0.15, 0.2) is 0 Å². The van der Waals surface area contributed by atoms with E-state index in [9.17, 15) is 4.39 Å². The van der Waals surface area contributed by atoms with Crippen molar-refractivity contribution in [1.82, 2.24) is 5.32 Å². The van der Waals surface area contributed by atoms with Crippen molar-refractivity contribution in [3.05, 3.63) is 69.5 Å². The summed E-state index contributed by atoms with van der Waals surface area (Å²) in [4.78, 5) is 0. The van der Waals surface area contributed by atoms with E-state index in [0.717, 1.165) is 17.7 Å². The molecule has 1 N–H and O–H groups in total. The van der Waals surface area contributed by atoms with Gasteiger partial charge in [0.2, 0.25) is 0 Å². The van der Waals surface area contributed by atoms with Gasteiger partial charge in [-0.25, -0.2) is 4.39 Å². The van der Waals surface area contributed by atoms with Gasteiger partial charge in [-0.2, -0.15) is 0 Å². The van der Waals surface area contributed by atoms with Crippen LogP contribution in [-0.2, 0) is 6.42 Å². The first-order chi connectivity index (χ1) is 9.61. The standard InChI is InChI=1S/C16H16Cl2FN/c1-20-10-13(11-4-2-6-14(19)9-11)8-12-5-3-7-15(17)16(12)18/h2-7,9,13,20H,8,10H2,1H3. The average Bonchev–Trinajstić information content (AvgIpc) is 2.43. The summed E-state index contributed by atoms with van der Waals surface area (Å²) in [6, 6.07) is 12.3. The molecule has 2 aromatic rings. The molecule has 4 heteroatoms. The van der Waals surface area contributed by atoms with Crippen LogP contribution < -0.4 is 5.32 Å². The quantitative estimate of drug-likeness (QED) is 0.845. The number of benzene rings is 2. The molecule has 0 aliphatic rings. The van der Waals surface area contributed by atoms with Crippen LogP contribution in [0.3, 0.4) is 0 Å². The number of hydrogen-bond donors (Lipinski definition) is 1. The van der Waals surface area contributed by atoms with Crippen LogP contribution in [0.4, 0.5) is 4.39 Å². The third kappa shape index (κ3) is 3.72.